The molecule has 2 aliphatic rings. The van der Waals surface area contributed by atoms with E-state index in [0.717, 1.165) is 44.7 Å². The molecule has 0 spiro atoms. The van der Waals surface area contributed by atoms with E-state index >= 15 is 0 Å². The minimum Gasteiger partial charge on any atom is -0.329 e. The molecule has 0 bridgehead atoms. The van der Waals surface area contributed by atoms with Crippen LogP contribution in [0.15, 0.2) is 0 Å². The van der Waals surface area contributed by atoms with Crippen LogP contribution in [0.25, 0.3) is 0 Å². The second-order valence-corrected chi connectivity index (χ2v) is 10.3. The Morgan fingerprint density at radius 3 is 2.48 bits per heavy atom. The van der Waals surface area contributed by atoms with Crippen molar-refractivity contribution in [2.24, 2.45) is 17.1 Å². The summed E-state index contributed by atoms with van der Waals surface area (Å²) in [7, 11) is -2.93. The third-order valence-corrected chi connectivity index (χ3v) is 7.48. The number of nitrogens with zero attached hydrogens (tertiary/aromatic N) is 1. The molecule has 0 amide bonds. The van der Waals surface area contributed by atoms with Crippen LogP contribution >= 0.6 is 0 Å². The number of hydrogen-bond donors (Lipinski definition) is 1. The first-order valence-electron chi connectivity index (χ1n) is 8.34. The van der Waals surface area contributed by atoms with Gasteiger partial charge in [-0.1, -0.05) is 20.8 Å². The maximum atomic E-state index is 12.1. The number of hydrogen-bond acceptors (Lipinski definition) is 4. The average Bonchev–Trinajstić information content (AvgIpc) is 2.63. The number of rotatable bonds is 2. The molecule has 21 heavy (non-hydrogen) atoms. The Kier molecular flexibility index (Phi) is 5.06. The van der Waals surface area contributed by atoms with E-state index in [1.54, 1.807) is 0 Å². The van der Waals surface area contributed by atoms with Crippen molar-refractivity contribution in [2.45, 2.75) is 58.4 Å². The molecule has 2 N–H and O–H groups in total. The van der Waals surface area contributed by atoms with Crippen LogP contribution < -0.4 is 5.73 Å². The molecule has 2 fully saturated rings. The van der Waals surface area contributed by atoms with Crippen molar-refractivity contribution in [1.82, 2.24) is 4.90 Å². The molecule has 2 aliphatic heterocycles. The van der Waals surface area contributed by atoms with Crippen LogP contribution in [0.1, 0.15) is 52.9 Å². The molecule has 0 saturated carbocycles. The van der Waals surface area contributed by atoms with Crippen LogP contribution in [0.3, 0.4) is 0 Å². The summed E-state index contributed by atoms with van der Waals surface area (Å²) in [4.78, 5) is 2.41. The fourth-order valence-electron chi connectivity index (χ4n) is 4.15. The molecule has 0 aromatic rings. The molecular weight excluding hydrogens is 284 g/mol. The van der Waals surface area contributed by atoms with Gasteiger partial charge in [0.1, 0.15) is 0 Å². The largest absolute Gasteiger partial charge is 0.329 e. The minimum absolute atomic E-state index is 0.261. The summed E-state index contributed by atoms with van der Waals surface area (Å²) in [6.07, 6.45) is 5.25. The van der Waals surface area contributed by atoms with Crippen LogP contribution in [0.4, 0.5) is 0 Å². The Morgan fingerprint density at radius 2 is 1.90 bits per heavy atom. The van der Waals surface area contributed by atoms with Gasteiger partial charge < -0.3 is 5.73 Å². The van der Waals surface area contributed by atoms with Crippen molar-refractivity contribution in [2.75, 3.05) is 31.1 Å². The van der Waals surface area contributed by atoms with Gasteiger partial charge in [-0.05, 0) is 56.5 Å². The SMILES string of the molecule is CC(C)(C)C1CCCN(C2(CN)CCCS(=O)(=O)C2)CC1. The van der Waals surface area contributed by atoms with Crippen molar-refractivity contribution in [1.29, 1.82) is 0 Å². The van der Waals surface area contributed by atoms with Crippen molar-refractivity contribution in [3.05, 3.63) is 0 Å². The molecule has 5 heteroatoms. The smallest absolute Gasteiger partial charge is 0.152 e. The van der Waals surface area contributed by atoms with E-state index in [4.69, 9.17) is 5.73 Å². The molecule has 2 unspecified atom stereocenters. The molecule has 124 valence electrons. The monoisotopic (exact) mass is 316 g/mol. The van der Waals surface area contributed by atoms with Gasteiger partial charge in [0.25, 0.3) is 0 Å². The normalized spacial score (nSPS) is 35.3. The predicted octanol–water partition coefficient (Wildman–Crippen LogP) is 2.04. The number of nitrogens with two attached hydrogens (primary N) is 1. The second-order valence-electron chi connectivity index (χ2n) is 8.10. The quantitative estimate of drug-likeness (QED) is 0.847. The van der Waals surface area contributed by atoms with Gasteiger partial charge in [0.15, 0.2) is 9.84 Å². The Morgan fingerprint density at radius 1 is 1.19 bits per heavy atom. The van der Waals surface area contributed by atoms with Gasteiger partial charge in [-0.2, -0.15) is 0 Å². The zero-order valence-electron chi connectivity index (χ0n) is 13.9. The molecular formula is C16H32N2O2S. The van der Waals surface area contributed by atoms with E-state index in [2.05, 4.69) is 25.7 Å². The summed E-state index contributed by atoms with van der Waals surface area (Å²) in [6.45, 7) is 9.41. The van der Waals surface area contributed by atoms with Gasteiger partial charge in [0.05, 0.1) is 11.5 Å². The Labute approximate surface area is 130 Å². The lowest BCUT2D eigenvalue weighted by molar-refractivity contribution is 0.0988. The second kappa shape index (κ2) is 6.17. The van der Waals surface area contributed by atoms with Crippen LogP contribution in [-0.4, -0.2) is 50.0 Å². The first kappa shape index (κ1) is 17.2. The van der Waals surface area contributed by atoms with Gasteiger partial charge in [-0.3, -0.25) is 4.90 Å². The van der Waals surface area contributed by atoms with Crippen molar-refractivity contribution in [3.63, 3.8) is 0 Å². The summed E-state index contributed by atoms with van der Waals surface area (Å²) in [5, 5.41) is 0. The van der Waals surface area contributed by atoms with Crippen LogP contribution in [-0.2, 0) is 9.84 Å². The lowest BCUT2D eigenvalue weighted by Crippen LogP contribution is -2.60. The zero-order chi connectivity index (χ0) is 15.7. The molecule has 2 heterocycles. The van der Waals surface area contributed by atoms with E-state index in [-0.39, 0.29) is 11.3 Å². The Hall–Kier alpha value is -0.130. The van der Waals surface area contributed by atoms with Crippen LogP contribution in [0.5, 0.6) is 0 Å². The van der Waals surface area contributed by atoms with Gasteiger partial charge in [0, 0.05) is 12.1 Å². The van der Waals surface area contributed by atoms with Gasteiger partial charge in [-0.25, -0.2) is 8.42 Å². The van der Waals surface area contributed by atoms with Crippen LogP contribution in [0.2, 0.25) is 0 Å². The van der Waals surface area contributed by atoms with E-state index in [1.165, 1.54) is 6.42 Å². The van der Waals surface area contributed by atoms with Gasteiger partial charge in [-0.15, -0.1) is 0 Å². The van der Waals surface area contributed by atoms with E-state index in [0.29, 0.717) is 17.7 Å². The first-order valence-corrected chi connectivity index (χ1v) is 10.2. The standard InChI is InChI=1S/C16H32N2O2S/c1-15(2,3)14-6-4-9-18(10-7-14)16(12-17)8-5-11-21(19,20)13-16/h14H,4-13,17H2,1-3H3. The highest BCUT2D eigenvalue weighted by Gasteiger charge is 2.43. The molecule has 2 atom stereocenters. The molecule has 2 rings (SSSR count). The maximum Gasteiger partial charge on any atom is 0.152 e. The predicted molar refractivity (Wildman–Crippen MR) is 88.0 cm³/mol. The molecule has 2 saturated heterocycles. The van der Waals surface area contributed by atoms with E-state index < -0.39 is 9.84 Å². The summed E-state index contributed by atoms with van der Waals surface area (Å²) in [5.74, 6) is 1.32. The maximum absolute atomic E-state index is 12.1. The van der Waals surface area contributed by atoms with Gasteiger partial charge >= 0.3 is 0 Å². The highest BCUT2D eigenvalue weighted by atomic mass is 32.2. The van der Waals surface area contributed by atoms with Crippen LogP contribution in [0, 0.1) is 11.3 Å². The third-order valence-electron chi connectivity index (χ3n) is 5.59. The fraction of sp³-hybridized carbons (Fsp3) is 1.00. The molecule has 0 aromatic heterocycles. The number of sulfone groups is 1. The minimum atomic E-state index is -2.93. The average molecular weight is 317 g/mol. The lowest BCUT2D eigenvalue weighted by atomic mass is 9.76. The molecule has 4 nitrogen and oxygen atoms in total. The molecule has 0 aromatic carbocycles. The summed E-state index contributed by atoms with van der Waals surface area (Å²) in [6, 6.07) is 0. The summed E-state index contributed by atoms with van der Waals surface area (Å²) in [5.41, 5.74) is 6.09. The highest BCUT2D eigenvalue weighted by molar-refractivity contribution is 7.91. The number of likely N-dealkylation sites (tertiary alicyclic amines) is 1. The summed E-state index contributed by atoms with van der Waals surface area (Å²) < 4.78 is 24.2. The topological polar surface area (TPSA) is 63.4 Å². The zero-order valence-corrected chi connectivity index (χ0v) is 14.7. The molecule has 0 radical (unpaired) electrons. The van der Waals surface area contributed by atoms with Crippen molar-refractivity contribution < 1.29 is 8.42 Å². The summed E-state index contributed by atoms with van der Waals surface area (Å²) >= 11 is 0. The fourth-order valence-corrected chi connectivity index (χ4v) is 6.14. The Balaban J connectivity index is 2.13. The highest BCUT2D eigenvalue weighted by Crippen LogP contribution is 2.37. The van der Waals surface area contributed by atoms with Gasteiger partial charge in [0.2, 0.25) is 0 Å². The molecule has 0 aliphatic carbocycles. The van der Waals surface area contributed by atoms with E-state index in [1.807, 2.05) is 0 Å². The Bertz CT molecular complexity index is 455. The van der Waals surface area contributed by atoms with Crippen molar-refractivity contribution in [3.8, 4) is 0 Å². The first-order chi connectivity index (χ1) is 9.69. The van der Waals surface area contributed by atoms with Crippen molar-refractivity contribution >= 4 is 9.84 Å². The third kappa shape index (κ3) is 3.99. The lowest BCUT2D eigenvalue weighted by Gasteiger charge is -2.45. The van der Waals surface area contributed by atoms with E-state index in [9.17, 15) is 8.42 Å².